The van der Waals surface area contributed by atoms with Crippen molar-refractivity contribution in [1.29, 1.82) is 0 Å². The highest BCUT2D eigenvalue weighted by atomic mass is 32.2. The number of amides is 1. The highest BCUT2D eigenvalue weighted by Crippen LogP contribution is 2.25. The number of carbonyl (C=O) groups is 1. The van der Waals surface area contributed by atoms with Crippen LogP contribution in [0.5, 0.6) is 5.75 Å². The van der Waals surface area contributed by atoms with Crippen molar-refractivity contribution in [3.63, 3.8) is 0 Å². The Balaban J connectivity index is 1.64. The maximum absolute atomic E-state index is 13.0. The van der Waals surface area contributed by atoms with Crippen LogP contribution < -0.4 is 14.4 Å². The lowest BCUT2D eigenvalue weighted by atomic mass is 10.1. The molecule has 0 aliphatic heterocycles. The second kappa shape index (κ2) is 9.26. The molecule has 0 fully saturated rings. The minimum atomic E-state index is -3.69. The van der Waals surface area contributed by atoms with Crippen LogP contribution in [0.4, 0.5) is 5.69 Å². The molecule has 1 aromatic heterocycles. The summed E-state index contributed by atoms with van der Waals surface area (Å²) in [6.07, 6.45) is 0.818. The predicted octanol–water partition coefficient (Wildman–Crippen LogP) is 3.81. The van der Waals surface area contributed by atoms with Gasteiger partial charge in [0, 0.05) is 7.05 Å². The predicted molar refractivity (Wildman–Crippen MR) is 119 cm³/mol. The molecule has 2 aromatic carbocycles. The van der Waals surface area contributed by atoms with E-state index in [2.05, 4.69) is 5.32 Å². The van der Waals surface area contributed by atoms with E-state index in [0.29, 0.717) is 17.2 Å². The molecule has 0 saturated carbocycles. The van der Waals surface area contributed by atoms with Gasteiger partial charge in [0.15, 0.2) is 6.10 Å². The number of sulfonamides is 1. The highest BCUT2D eigenvalue weighted by Gasteiger charge is 2.22. The zero-order valence-electron chi connectivity index (χ0n) is 18.0. The number of furan rings is 1. The maximum atomic E-state index is 13.0. The van der Waals surface area contributed by atoms with Gasteiger partial charge < -0.3 is 14.5 Å². The molecule has 0 saturated heterocycles. The maximum Gasteiger partial charge on any atom is 0.264 e. The van der Waals surface area contributed by atoms with Crippen LogP contribution in [0.2, 0.25) is 0 Å². The van der Waals surface area contributed by atoms with E-state index in [1.807, 2.05) is 13.8 Å². The SMILES string of the molecule is Cc1ccc(S(=O)(=O)N(C)c2ccc(O[C@@H](C)C(=O)NCc3ccco3)cc2)cc1C. The first-order valence-corrected chi connectivity index (χ1v) is 11.3. The molecule has 0 bridgehead atoms. The smallest absolute Gasteiger partial charge is 0.264 e. The number of nitrogens with one attached hydrogen (secondary N) is 1. The Bertz CT molecular complexity index is 1140. The number of rotatable bonds is 8. The lowest BCUT2D eigenvalue weighted by molar-refractivity contribution is -0.127. The third-order valence-electron chi connectivity index (χ3n) is 5.04. The number of nitrogens with zero attached hydrogens (tertiary/aromatic N) is 1. The van der Waals surface area contributed by atoms with Crippen molar-refractivity contribution in [3.8, 4) is 5.75 Å². The molecule has 8 heteroatoms. The number of hydrogen-bond donors (Lipinski definition) is 1. The molecule has 0 aliphatic carbocycles. The largest absolute Gasteiger partial charge is 0.481 e. The minimum Gasteiger partial charge on any atom is -0.481 e. The minimum absolute atomic E-state index is 0.236. The van der Waals surface area contributed by atoms with Crippen molar-refractivity contribution in [2.45, 2.75) is 38.3 Å². The van der Waals surface area contributed by atoms with E-state index in [-0.39, 0.29) is 17.3 Å². The van der Waals surface area contributed by atoms with Crippen molar-refractivity contribution in [2.75, 3.05) is 11.4 Å². The fraction of sp³-hybridized carbons (Fsp3) is 0.261. The normalized spacial score (nSPS) is 12.3. The third kappa shape index (κ3) is 5.27. The van der Waals surface area contributed by atoms with Gasteiger partial charge in [0.05, 0.1) is 23.4 Å². The average Bonchev–Trinajstić information content (AvgIpc) is 3.27. The van der Waals surface area contributed by atoms with Gasteiger partial charge in [-0.1, -0.05) is 6.07 Å². The average molecular weight is 443 g/mol. The fourth-order valence-electron chi connectivity index (χ4n) is 2.89. The molecule has 164 valence electrons. The number of anilines is 1. The number of carbonyl (C=O) groups excluding carboxylic acids is 1. The first-order valence-electron chi connectivity index (χ1n) is 9.81. The van der Waals surface area contributed by atoms with Crippen LogP contribution in [0.15, 0.2) is 70.2 Å². The fourth-order valence-corrected chi connectivity index (χ4v) is 4.18. The van der Waals surface area contributed by atoms with E-state index in [9.17, 15) is 13.2 Å². The van der Waals surface area contributed by atoms with E-state index < -0.39 is 16.1 Å². The molecular formula is C23H26N2O5S. The van der Waals surface area contributed by atoms with Crippen LogP contribution in [0.1, 0.15) is 23.8 Å². The van der Waals surface area contributed by atoms with Crippen molar-refractivity contribution >= 4 is 21.6 Å². The molecule has 31 heavy (non-hydrogen) atoms. The Morgan fingerprint density at radius 2 is 1.81 bits per heavy atom. The molecule has 1 atom stereocenters. The third-order valence-corrected chi connectivity index (χ3v) is 6.82. The Kier molecular flexibility index (Phi) is 6.70. The van der Waals surface area contributed by atoms with Crippen molar-refractivity contribution in [2.24, 2.45) is 0 Å². The van der Waals surface area contributed by atoms with Gasteiger partial charge in [0.1, 0.15) is 11.5 Å². The topological polar surface area (TPSA) is 88.8 Å². The Morgan fingerprint density at radius 3 is 2.42 bits per heavy atom. The number of ether oxygens (including phenoxy) is 1. The first-order chi connectivity index (χ1) is 14.7. The molecule has 0 aliphatic rings. The van der Waals surface area contributed by atoms with Gasteiger partial charge in [0.2, 0.25) is 0 Å². The molecule has 0 spiro atoms. The Hall–Kier alpha value is -3.26. The summed E-state index contributed by atoms with van der Waals surface area (Å²) in [5, 5.41) is 2.74. The van der Waals surface area contributed by atoms with Gasteiger partial charge in [-0.3, -0.25) is 9.10 Å². The molecule has 3 rings (SSSR count). The molecule has 7 nitrogen and oxygen atoms in total. The van der Waals surface area contributed by atoms with Crippen LogP contribution in [-0.2, 0) is 21.4 Å². The summed E-state index contributed by atoms with van der Waals surface area (Å²) < 4.78 is 38.0. The van der Waals surface area contributed by atoms with Crippen molar-refractivity contribution < 1.29 is 22.4 Å². The summed E-state index contributed by atoms with van der Waals surface area (Å²) in [6.45, 7) is 5.74. The summed E-state index contributed by atoms with van der Waals surface area (Å²) >= 11 is 0. The van der Waals surface area contributed by atoms with Crippen LogP contribution in [-0.4, -0.2) is 27.5 Å². The van der Waals surface area contributed by atoms with Gasteiger partial charge in [0.25, 0.3) is 15.9 Å². The van der Waals surface area contributed by atoms with E-state index in [1.165, 1.54) is 11.4 Å². The zero-order chi connectivity index (χ0) is 22.6. The van der Waals surface area contributed by atoms with Gasteiger partial charge in [-0.15, -0.1) is 0 Å². The molecule has 1 heterocycles. The molecule has 0 unspecified atom stereocenters. The summed E-state index contributed by atoms with van der Waals surface area (Å²) in [4.78, 5) is 12.4. The molecule has 1 N–H and O–H groups in total. The summed E-state index contributed by atoms with van der Waals surface area (Å²) in [6, 6.07) is 15.1. The van der Waals surface area contributed by atoms with Crippen LogP contribution in [0.25, 0.3) is 0 Å². The van der Waals surface area contributed by atoms with Crippen LogP contribution in [0, 0.1) is 13.8 Å². The van der Waals surface area contributed by atoms with E-state index >= 15 is 0 Å². The first kappa shape index (κ1) is 22.4. The number of hydrogen-bond acceptors (Lipinski definition) is 5. The van der Waals surface area contributed by atoms with E-state index in [0.717, 1.165) is 11.1 Å². The monoisotopic (exact) mass is 442 g/mol. The molecule has 0 radical (unpaired) electrons. The second-order valence-corrected chi connectivity index (χ2v) is 9.24. The van der Waals surface area contributed by atoms with Gasteiger partial charge >= 0.3 is 0 Å². The summed E-state index contributed by atoms with van der Waals surface area (Å²) in [7, 11) is -2.18. The zero-order valence-corrected chi connectivity index (χ0v) is 18.8. The van der Waals surface area contributed by atoms with Crippen molar-refractivity contribution in [1.82, 2.24) is 5.32 Å². The highest BCUT2D eigenvalue weighted by molar-refractivity contribution is 7.92. The molecule has 3 aromatic rings. The quantitative estimate of drug-likeness (QED) is 0.573. The molecular weight excluding hydrogens is 416 g/mol. The Labute approximate surface area is 182 Å². The number of aryl methyl sites for hydroxylation is 2. The second-order valence-electron chi connectivity index (χ2n) is 7.27. The van der Waals surface area contributed by atoms with Gasteiger partial charge in [-0.2, -0.15) is 0 Å². The summed E-state index contributed by atoms with van der Waals surface area (Å²) in [5.74, 6) is 0.828. The lowest BCUT2D eigenvalue weighted by Gasteiger charge is -2.21. The van der Waals surface area contributed by atoms with Gasteiger partial charge in [-0.25, -0.2) is 8.42 Å². The Morgan fingerprint density at radius 1 is 1.10 bits per heavy atom. The molecule has 1 amide bonds. The van der Waals surface area contributed by atoms with E-state index in [4.69, 9.17) is 9.15 Å². The van der Waals surface area contributed by atoms with Gasteiger partial charge in [-0.05, 0) is 80.4 Å². The van der Waals surface area contributed by atoms with Crippen molar-refractivity contribution in [3.05, 3.63) is 77.7 Å². The lowest BCUT2D eigenvalue weighted by Crippen LogP contribution is -2.35. The van der Waals surface area contributed by atoms with E-state index in [1.54, 1.807) is 67.8 Å². The van der Waals surface area contributed by atoms with Crippen LogP contribution in [0.3, 0.4) is 0 Å². The van der Waals surface area contributed by atoms with Crippen LogP contribution >= 0.6 is 0 Å². The standard InChI is InChI=1S/C23H26N2O5S/c1-16-7-12-22(14-17(16)2)31(27,28)25(4)19-8-10-20(11-9-19)30-18(3)23(26)24-15-21-6-5-13-29-21/h5-14,18H,15H2,1-4H3,(H,24,26)/t18-/m0/s1. The summed E-state index contributed by atoms with van der Waals surface area (Å²) in [5.41, 5.74) is 2.43. The number of benzene rings is 2.